The van der Waals surface area contributed by atoms with Crippen molar-refractivity contribution in [2.24, 2.45) is 5.92 Å². The Balaban J connectivity index is 2.23. The molecule has 1 aromatic rings. The van der Waals surface area contributed by atoms with Crippen LogP contribution in [0.5, 0.6) is 0 Å². The van der Waals surface area contributed by atoms with E-state index in [1.165, 1.54) is 12.1 Å². The van der Waals surface area contributed by atoms with Gasteiger partial charge in [0, 0.05) is 0 Å². The van der Waals surface area contributed by atoms with Crippen LogP contribution in [0.25, 0.3) is 0 Å². The summed E-state index contributed by atoms with van der Waals surface area (Å²) in [5.41, 5.74) is 0.797. The van der Waals surface area contributed by atoms with Gasteiger partial charge in [0.2, 0.25) is 0 Å². The Morgan fingerprint density at radius 1 is 1.53 bits per heavy atom. The van der Waals surface area contributed by atoms with Crippen molar-refractivity contribution >= 4 is 0 Å². The Kier molecular flexibility index (Phi) is 2.98. The molecule has 0 bridgehead atoms. The van der Waals surface area contributed by atoms with Crippen LogP contribution in [0.2, 0.25) is 0 Å². The monoisotopic (exact) mass is 204 g/mol. The molecule has 1 aliphatic rings. The smallest absolute Gasteiger partial charge is 0.123 e. The summed E-state index contributed by atoms with van der Waals surface area (Å²) in [6.45, 7) is 1.81. The van der Waals surface area contributed by atoms with Crippen molar-refractivity contribution in [1.29, 1.82) is 5.26 Å². The molecule has 1 aliphatic heterocycles. The van der Waals surface area contributed by atoms with Crippen molar-refractivity contribution in [2.45, 2.75) is 12.3 Å². The van der Waals surface area contributed by atoms with Gasteiger partial charge in [0.05, 0.1) is 12.0 Å². The maximum Gasteiger partial charge on any atom is 0.123 e. The molecule has 3 heteroatoms. The Morgan fingerprint density at radius 2 is 2.40 bits per heavy atom. The second kappa shape index (κ2) is 4.41. The fourth-order valence-corrected chi connectivity index (χ4v) is 2.11. The van der Waals surface area contributed by atoms with E-state index >= 15 is 0 Å². The van der Waals surface area contributed by atoms with E-state index < -0.39 is 0 Å². The minimum absolute atomic E-state index is 0.185. The first-order valence-corrected chi connectivity index (χ1v) is 5.17. The van der Waals surface area contributed by atoms with Gasteiger partial charge in [-0.2, -0.15) is 5.26 Å². The molecule has 0 spiro atoms. The second-order valence-electron chi connectivity index (χ2n) is 3.91. The molecule has 2 rings (SSSR count). The van der Waals surface area contributed by atoms with Crippen LogP contribution in [-0.4, -0.2) is 13.1 Å². The van der Waals surface area contributed by atoms with Crippen LogP contribution in [-0.2, 0) is 0 Å². The number of benzene rings is 1. The summed E-state index contributed by atoms with van der Waals surface area (Å²) >= 11 is 0. The summed E-state index contributed by atoms with van der Waals surface area (Å²) in [7, 11) is 0. The van der Waals surface area contributed by atoms with E-state index in [0.29, 0.717) is 5.92 Å². The normalized spacial score (nSPS) is 22.3. The zero-order chi connectivity index (χ0) is 10.7. The van der Waals surface area contributed by atoms with Gasteiger partial charge in [-0.25, -0.2) is 4.39 Å². The molecule has 78 valence electrons. The van der Waals surface area contributed by atoms with E-state index in [-0.39, 0.29) is 11.7 Å². The van der Waals surface area contributed by atoms with Crippen molar-refractivity contribution in [1.82, 2.24) is 5.32 Å². The summed E-state index contributed by atoms with van der Waals surface area (Å²) < 4.78 is 13.0. The number of nitriles is 1. The van der Waals surface area contributed by atoms with Crippen molar-refractivity contribution in [3.05, 3.63) is 35.6 Å². The Hall–Kier alpha value is -1.40. The van der Waals surface area contributed by atoms with Gasteiger partial charge in [-0.15, -0.1) is 0 Å². The van der Waals surface area contributed by atoms with Crippen LogP contribution in [0.15, 0.2) is 24.3 Å². The van der Waals surface area contributed by atoms with Crippen molar-refractivity contribution < 1.29 is 4.39 Å². The van der Waals surface area contributed by atoms with Gasteiger partial charge in [-0.05, 0) is 43.1 Å². The average molecular weight is 204 g/mol. The lowest BCUT2D eigenvalue weighted by Crippen LogP contribution is -2.15. The van der Waals surface area contributed by atoms with E-state index in [1.54, 1.807) is 6.07 Å². The molecule has 2 unspecified atom stereocenters. The fraction of sp³-hybridized carbons (Fsp3) is 0.417. The molecule has 15 heavy (non-hydrogen) atoms. The largest absolute Gasteiger partial charge is 0.316 e. The second-order valence-corrected chi connectivity index (χ2v) is 3.91. The lowest BCUT2D eigenvalue weighted by Gasteiger charge is -2.15. The fourth-order valence-electron chi connectivity index (χ4n) is 2.11. The Labute approximate surface area is 88.7 Å². The topological polar surface area (TPSA) is 35.8 Å². The highest BCUT2D eigenvalue weighted by Crippen LogP contribution is 2.28. The molecule has 1 N–H and O–H groups in total. The summed E-state index contributed by atoms with van der Waals surface area (Å²) in [6, 6.07) is 8.65. The maximum atomic E-state index is 13.0. The molecule has 0 radical (unpaired) electrons. The standard InChI is InChI=1S/C12H13FN2/c13-11-3-1-2-9(6-11)12(7-14)10-4-5-15-8-10/h1-3,6,10,12,15H,4-5,8H2. The lowest BCUT2D eigenvalue weighted by molar-refractivity contribution is 0.527. The van der Waals surface area contributed by atoms with Gasteiger partial charge in [-0.3, -0.25) is 0 Å². The van der Waals surface area contributed by atoms with Gasteiger partial charge in [-0.1, -0.05) is 12.1 Å². The van der Waals surface area contributed by atoms with E-state index in [4.69, 9.17) is 5.26 Å². The van der Waals surface area contributed by atoms with E-state index in [1.807, 2.05) is 6.07 Å². The summed E-state index contributed by atoms with van der Waals surface area (Å²) in [6.07, 6.45) is 0.995. The minimum atomic E-state index is -0.265. The molecular formula is C12H13FN2. The van der Waals surface area contributed by atoms with Crippen molar-refractivity contribution in [3.63, 3.8) is 0 Å². The number of rotatable bonds is 2. The van der Waals surface area contributed by atoms with E-state index in [9.17, 15) is 4.39 Å². The maximum absolute atomic E-state index is 13.0. The van der Waals surface area contributed by atoms with Crippen LogP contribution in [0.4, 0.5) is 4.39 Å². The molecule has 1 saturated heterocycles. The Bertz CT molecular complexity index is 377. The molecule has 2 atom stereocenters. The first kappa shape index (κ1) is 10.1. The number of nitrogens with zero attached hydrogens (tertiary/aromatic N) is 1. The Morgan fingerprint density at radius 3 is 3.00 bits per heavy atom. The highest BCUT2D eigenvalue weighted by molar-refractivity contribution is 5.27. The summed E-state index contributed by atoms with van der Waals surface area (Å²) in [5.74, 6) is -0.133. The third-order valence-corrected chi connectivity index (χ3v) is 2.92. The summed E-state index contributed by atoms with van der Waals surface area (Å²) in [5, 5.41) is 12.4. The van der Waals surface area contributed by atoms with Gasteiger partial charge in [0.25, 0.3) is 0 Å². The van der Waals surface area contributed by atoms with Crippen LogP contribution in [0.3, 0.4) is 0 Å². The van der Waals surface area contributed by atoms with Gasteiger partial charge in [0.1, 0.15) is 5.82 Å². The number of hydrogen-bond acceptors (Lipinski definition) is 2. The number of nitrogens with one attached hydrogen (secondary N) is 1. The third kappa shape index (κ3) is 2.16. The molecular weight excluding hydrogens is 191 g/mol. The first-order valence-electron chi connectivity index (χ1n) is 5.17. The molecule has 1 aromatic carbocycles. The minimum Gasteiger partial charge on any atom is -0.316 e. The molecule has 0 aromatic heterocycles. The highest BCUT2D eigenvalue weighted by Gasteiger charge is 2.26. The predicted octanol–water partition coefficient (Wildman–Crippen LogP) is 2.04. The SMILES string of the molecule is N#CC(c1cccc(F)c1)C1CCNC1. The van der Waals surface area contributed by atoms with Gasteiger partial charge in [0.15, 0.2) is 0 Å². The predicted molar refractivity (Wildman–Crippen MR) is 55.7 cm³/mol. The van der Waals surface area contributed by atoms with Gasteiger partial charge < -0.3 is 5.32 Å². The zero-order valence-corrected chi connectivity index (χ0v) is 8.41. The third-order valence-electron chi connectivity index (χ3n) is 2.92. The van der Waals surface area contributed by atoms with Crippen LogP contribution < -0.4 is 5.32 Å². The molecule has 0 amide bonds. The number of halogens is 1. The summed E-state index contributed by atoms with van der Waals surface area (Å²) in [4.78, 5) is 0. The zero-order valence-electron chi connectivity index (χ0n) is 8.41. The number of hydrogen-bond donors (Lipinski definition) is 1. The van der Waals surface area contributed by atoms with Gasteiger partial charge >= 0.3 is 0 Å². The van der Waals surface area contributed by atoms with E-state index in [0.717, 1.165) is 25.1 Å². The molecule has 1 heterocycles. The van der Waals surface area contributed by atoms with E-state index in [2.05, 4.69) is 11.4 Å². The molecule has 0 aliphatic carbocycles. The molecule has 1 fully saturated rings. The quantitative estimate of drug-likeness (QED) is 0.800. The van der Waals surface area contributed by atoms with Crippen molar-refractivity contribution in [2.75, 3.05) is 13.1 Å². The van der Waals surface area contributed by atoms with Crippen LogP contribution >= 0.6 is 0 Å². The average Bonchev–Trinajstić information content (AvgIpc) is 2.72. The highest BCUT2D eigenvalue weighted by atomic mass is 19.1. The lowest BCUT2D eigenvalue weighted by atomic mass is 9.86. The molecule has 2 nitrogen and oxygen atoms in total. The van der Waals surface area contributed by atoms with Crippen LogP contribution in [0.1, 0.15) is 17.9 Å². The van der Waals surface area contributed by atoms with Crippen molar-refractivity contribution in [3.8, 4) is 6.07 Å². The van der Waals surface area contributed by atoms with Crippen LogP contribution in [0, 0.1) is 23.1 Å². The molecule has 0 saturated carbocycles. The first-order chi connectivity index (χ1) is 7.31.